The monoisotopic (exact) mass is 206 g/mol. The second kappa shape index (κ2) is 4.51. The molecule has 15 heavy (non-hydrogen) atoms. The highest BCUT2D eigenvalue weighted by Crippen LogP contribution is 2.24. The third-order valence-corrected chi connectivity index (χ3v) is 3.20. The van der Waals surface area contributed by atoms with Crippen LogP contribution < -0.4 is 11.2 Å². The molecule has 2 rings (SSSR count). The molecule has 3 nitrogen and oxygen atoms in total. The summed E-state index contributed by atoms with van der Waals surface area (Å²) in [6.45, 7) is 1.00. The van der Waals surface area contributed by atoms with Crippen LogP contribution in [-0.2, 0) is 6.54 Å². The molecule has 1 aromatic heterocycles. The van der Waals surface area contributed by atoms with E-state index in [1.165, 1.54) is 32.1 Å². The van der Waals surface area contributed by atoms with Crippen molar-refractivity contribution in [1.82, 2.24) is 4.57 Å². The molecule has 0 aromatic carbocycles. The number of anilines is 1. The van der Waals surface area contributed by atoms with Gasteiger partial charge in [0.2, 0.25) is 5.43 Å². The molecular formula is C12H18N2O. The fourth-order valence-electron chi connectivity index (χ4n) is 2.33. The largest absolute Gasteiger partial charge is 0.394 e. The summed E-state index contributed by atoms with van der Waals surface area (Å²) in [6, 6.07) is 1.55. The van der Waals surface area contributed by atoms with E-state index in [1.54, 1.807) is 12.3 Å². The van der Waals surface area contributed by atoms with Crippen LogP contribution in [0.4, 0.5) is 5.69 Å². The van der Waals surface area contributed by atoms with Crippen LogP contribution >= 0.6 is 0 Å². The maximum Gasteiger partial charge on any atom is 0.204 e. The number of nitrogens with two attached hydrogens (primary N) is 1. The summed E-state index contributed by atoms with van der Waals surface area (Å²) < 4.78 is 2.05. The van der Waals surface area contributed by atoms with Gasteiger partial charge in [0.25, 0.3) is 0 Å². The van der Waals surface area contributed by atoms with Gasteiger partial charge in [-0.1, -0.05) is 19.3 Å². The molecule has 1 aliphatic rings. The van der Waals surface area contributed by atoms with Crippen LogP contribution in [-0.4, -0.2) is 4.57 Å². The summed E-state index contributed by atoms with van der Waals surface area (Å²) in [5.74, 6) is 0.764. The Bertz CT molecular complexity index is 377. The summed E-state index contributed by atoms with van der Waals surface area (Å²) in [7, 11) is 0. The molecule has 0 amide bonds. The van der Waals surface area contributed by atoms with E-state index >= 15 is 0 Å². The Morgan fingerprint density at radius 1 is 1.33 bits per heavy atom. The van der Waals surface area contributed by atoms with Crippen molar-refractivity contribution in [2.75, 3.05) is 5.73 Å². The number of hydrogen-bond donors (Lipinski definition) is 1. The maximum atomic E-state index is 11.1. The van der Waals surface area contributed by atoms with Gasteiger partial charge in [-0.15, -0.1) is 0 Å². The summed E-state index contributed by atoms with van der Waals surface area (Å²) in [5.41, 5.74) is 5.87. The van der Waals surface area contributed by atoms with Crippen molar-refractivity contribution in [2.24, 2.45) is 5.92 Å². The first-order valence-electron chi connectivity index (χ1n) is 5.71. The molecule has 82 valence electrons. The second-order valence-corrected chi connectivity index (χ2v) is 4.47. The molecule has 0 spiro atoms. The minimum Gasteiger partial charge on any atom is -0.394 e. The zero-order valence-corrected chi connectivity index (χ0v) is 8.98. The zero-order chi connectivity index (χ0) is 10.7. The van der Waals surface area contributed by atoms with E-state index < -0.39 is 0 Å². The van der Waals surface area contributed by atoms with Gasteiger partial charge in [-0.25, -0.2) is 0 Å². The van der Waals surface area contributed by atoms with Crippen LogP contribution in [0.3, 0.4) is 0 Å². The van der Waals surface area contributed by atoms with Gasteiger partial charge < -0.3 is 10.3 Å². The minimum atomic E-state index is -0.0742. The number of hydrogen-bond acceptors (Lipinski definition) is 2. The Kier molecular flexibility index (Phi) is 3.09. The first-order valence-corrected chi connectivity index (χ1v) is 5.71. The molecule has 1 aliphatic carbocycles. The molecule has 2 N–H and O–H groups in total. The van der Waals surface area contributed by atoms with Gasteiger partial charge in [0.15, 0.2) is 0 Å². The van der Waals surface area contributed by atoms with Gasteiger partial charge in [-0.2, -0.15) is 0 Å². The number of nitrogen functional groups attached to an aromatic ring is 1. The van der Waals surface area contributed by atoms with Gasteiger partial charge in [0.1, 0.15) is 0 Å². The lowest BCUT2D eigenvalue weighted by atomic mass is 9.89. The Labute approximate surface area is 89.9 Å². The molecule has 1 heterocycles. The fraction of sp³-hybridized carbons (Fsp3) is 0.583. The Hall–Kier alpha value is -1.25. The Morgan fingerprint density at radius 3 is 2.73 bits per heavy atom. The highest BCUT2D eigenvalue weighted by molar-refractivity contribution is 5.33. The van der Waals surface area contributed by atoms with E-state index in [9.17, 15) is 4.79 Å². The third kappa shape index (κ3) is 2.61. The Morgan fingerprint density at radius 2 is 2.07 bits per heavy atom. The topological polar surface area (TPSA) is 48.0 Å². The summed E-state index contributed by atoms with van der Waals surface area (Å²) in [5, 5.41) is 0. The van der Waals surface area contributed by atoms with Crippen LogP contribution in [0.1, 0.15) is 32.1 Å². The van der Waals surface area contributed by atoms with Crippen LogP contribution in [0.25, 0.3) is 0 Å². The van der Waals surface area contributed by atoms with Crippen molar-refractivity contribution in [3.63, 3.8) is 0 Å². The van der Waals surface area contributed by atoms with E-state index in [1.807, 2.05) is 10.8 Å². The van der Waals surface area contributed by atoms with E-state index in [4.69, 9.17) is 5.73 Å². The lowest BCUT2D eigenvalue weighted by Crippen LogP contribution is -2.17. The molecule has 0 bridgehead atoms. The molecule has 1 fully saturated rings. The van der Waals surface area contributed by atoms with Crippen molar-refractivity contribution in [3.8, 4) is 0 Å². The highest BCUT2D eigenvalue weighted by atomic mass is 16.1. The molecule has 0 atom stereocenters. The SMILES string of the molecule is Nc1cn(CC2CCCCC2)ccc1=O. The normalized spacial score (nSPS) is 17.9. The number of nitrogens with zero attached hydrogens (tertiary/aromatic N) is 1. The van der Waals surface area contributed by atoms with E-state index in [-0.39, 0.29) is 5.43 Å². The van der Waals surface area contributed by atoms with E-state index in [0.717, 1.165) is 12.5 Å². The lowest BCUT2D eigenvalue weighted by Gasteiger charge is -2.22. The van der Waals surface area contributed by atoms with Gasteiger partial charge in [-0.3, -0.25) is 4.79 Å². The summed E-state index contributed by atoms with van der Waals surface area (Å²) in [4.78, 5) is 11.1. The average Bonchev–Trinajstić information content (AvgIpc) is 2.25. The number of rotatable bonds is 2. The quantitative estimate of drug-likeness (QED) is 0.804. The standard InChI is InChI=1S/C12H18N2O/c13-11-9-14(7-6-12(11)15)8-10-4-2-1-3-5-10/h6-7,9-10H,1-5,8,13H2. The minimum absolute atomic E-state index is 0.0742. The van der Waals surface area contributed by atoms with Crippen LogP contribution in [0.15, 0.2) is 23.3 Å². The molecule has 1 aromatic rings. The molecule has 0 unspecified atom stereocenters. The lowest BCUT2D eigenvalue weighted by molar-refractivity contribution is 0.319. The van der Waals surface area contributed by atoms with Crippen LogP contribution in [0.2, 0.25) is 0 Å². The van der Waals surface area contributed by atoms with Crippen molar-refractivity contribution in [3.05, 3.63) is 28.7 Å². The van der Waals surface area contributed by atoms with Crippen molar-refractivity contribution >= 4 is 5.69 Å². The maximum absolute atomic E-state index is 11.1. The third-order valence-electron chi connectivity index (χ3n) is 3.20. The molecule has 0 aliphatic heterocycles. The summed E-state index contributed by atoms with van der Waals surface area (Å²) >= 11 is 0. The predicted molar refractivity (Wildman–Crippen MR) is 61.7 cm³/mol. The first-order chi connectivity index (χ1) is 7.25. The molecule has 0 saturated heterocycles. The van der Waals surface area contributed by atoms with E-state index in [0.29, 0.717) is 5.69 Å². The zero-order valence-electron chi connectivity index (χ0n) is 8.98. The Balaban J connectivity index is 2.03. The molecule has 3 heteroatoms. The van der Waals surface area contributed by atoms with Crippen molar-refractivity contribution < 1.29 is 0 Å². The number of pyridine rings is 1. The first kappa shape index (κ1) is 10.3. The number of aromatic nitrogens is 1. The van der Waals surface area contributed by atoms with Gasteiger partial charge in [-0.05, 0) is 18.8 Å². The van der Waals surface area contributed by atoms with Crippen molar-refractivity contribution in [1.29, 1.82) is 0 Å². The second-order valence-electron chi connectivity index (χ2n) is 4.47. The smallest absolute Gasteiger partial charge is 0.204 e. The molecule has 1 saturated carbocycles. The summed E-state index contributed by atoms with van der Waals surface area (Å²) in [6.07, 6.45) is 10.3. The van der Waals surface area contributed by atoms with Crippen LogP contribution in [0, 0.1) is 5.92 Å². The van der Waals surface area contributed by atoms with Gasteiger partial charge in [0, 0.05) is 25.0 Å². The van der Waals surface area contributed by atoms with Crippen LogP contribution in [0.5, 0.6) is 0 Å². The predicted octanol–water partition coefficient (Wildman–Crippen LogP) is 2.01. The fourth-order valence-corrected chi connectivity index (χ4v) is 2.33. The average molecular weight is 206 g/mol. The molecular weight excluding hydrogens is 188 g/mol. The highest BCUT2D eigenvalue weighted by Gasteiger charge is 2.13. The van der Waals surface area contributed by atoms with Crippen molar-refractivity contribution in [2.45, 2.75) is 38.6 Å². The van der Waals surface area contributed by atoms with E-state index in [2.05, 4.69) is 0 Å². The molecule has 0 radical (unpaired) electrons. The van der Waals surface area contributed by atoms with Gasteiger partial charge >= 0.3 is 0 Å². The van der Waals surface area contributed by atoms with Gasteiger partial charge in [0.05, 0.1) is 5.69 Å².